The van der Waals surface area contributed by atoms with E-state index in [1.165, 1.54) is 16.8 Å². The van der Waals surface area contributed by atoms with Crippen LogP contribution in [0.25, 0.3) is 22.2 Å². The van der Waals surface area contributed by atoms with Gasteiger partial charge in [0.1, 0.15) is 19.0 Å². The van der Waals surface area contributed by atoms with Crippen LogP contribution >= 0.6 is 0 Å². The number of aromatic nitrogens is 2. The van der Waals surface area contributed by atoms with Crippen LogP contribution in [0, 0.1) is 0 Å². The van der Waals surface area contributed by atoms with Gasteiger partial charge in [0.2, 0.25) is 0 Å². The molecule has 0 aliphatic carbocycles. The maximum Gasteiger partial charge on any atom is 0.163 e. The molecular weight excluding hydrogens is 410 g/mol. The van der Waals surface area contributed by atoms with Gasteiger partial charge < -0.3 is 19.4 Å². The molecule has 0 bridgehead atoms. The highest BCUT2D eigenvalue weighted by Gasteiger charge is 2.14. The van der Waals surface area contributed by atoms with Crippen molar-refractivity contribution >= 4 is 22.4 Å². The largest absolute Gasteiger partial charge is 0.486 e. The van der Waals surface area contributed by atoms with Gasteiger partial charge in [-0.1, -0.05) is 60.7 Å². The number of rotatable bonds is 5. The van der Waals surface area contributed by atoms with Crippen LogP contribution in [0.4, 0.5) is 11.5 Å². The van der Waals surface area contributed by atoms with E-state index in [0.29, 0.717) is 13.2 Å². The number of nitrogens with one attached hydrogen (secondary N) is 1. The average molecular weight is 434 g/mol. The Morgan fingerprint density at radius 3 is 2.36 bits per heavy atom. The first-order chi connectivity index (χ1) is 16.3. The number of hydrogen-bond acceptors (Lipinski definition) is 4. The predicted molar refractivity (Wildman–Crippen MR) is 131 cm³/mol. The fourth-order valence-electron chi connectivity index (χ4n) is 4.28. The summed E-state index contributed by atoms with van der Waals surface area (Å²) in [5.74, 6) is 2.32. The van der Waals surface area contributed by atoms with Crippen molar-refractivity contribution in [2.24, 2.45) is 0 Å². The summed E-state index contributed by atoms with van der Waals surface area (Å²) in [6, 6.07) is 31.2. The van der Waals surface area contributed by atoms with Crippen LogP contribution in [0.15, 0.2) is 97.2 Å². The Labute approximate surface area is 192 Å². The maximum absolute atomic E-state index is 5.72. The minimum atomic E-state index is 0.565. The quantitative estimate of drug-likeness (QED) is 0.355. The fourth-order valence-corrected chi connectivity index (χ4v) is 4.28. The van der Waals surface area contributed by atoms with E-state index in [0.717, 1.165) is 40.5 Å². The zero-order valence-corrected chi connectivity index (χ0v) is 18.1. The molecule has 0 saturated carbocycles. The van der Waals surface area contributed by atoms with Crippen LogP contribution in [-0.2, 0) is 6.54 Å². The third-order valence-corrected chi connectivity index (χ3v) is 5.85. The van der Waals surface area contributed by atoms with E-state index in [1.54, 1.807) is 0 Å². The topological polar surface area (TPSA) is 48.3 Å². The molecule has 0 atom stereocenters. The maximum atomic E-state index is 5.72. The molecule has 0 unspecified atom stereocenters. The van der Waals surface area contributed by atoms with Gasteiger partial charge in [0.15, 0.2) is 11.5 Å². The van der Waals surface area contributed by atoms with Crippen LogP contribution in [-0.4, -0.2) is 22.8 Å². The predicted octanol–water partition coefficient (Wildman–Crippen LogP) is 6.27. The van der Waals surface area contributed by atoms with E-state index in [4.69, 9.17) is 9.47 Å². The summed E-state index contributed by atoms with van der Waals surface area (Å²) in [5, 5.41) is 4.54. The van der Waals surface area contributed by atoms with Crippen LogP contribution < -0.4 is 14.8 Å². The Hall–Kier alpha value is -4.25. The highest BCUT2D eigenvalue weighted by Crippen LogP contribution is 2.34. The van der Waals surface area contributed by atoms with E-state index in [2.05, 4.69) is 81.6 Å². The van der Waals surface area contributed by atoms with Gasteiger partial charge in [0, 0.05) is 41.6 Å². The number of pyridine rings is 1. The lowest BCUT2D eigenvalue weighted by molar-refractivity contribution is 0.171. The number of ether oxygens (including phenoxy) is 2. The van der Waals surface area contributed by atoms with Gasteiger partial charge in [-0.2, -0.15) is 0 Å². The molecule has 2 aromatic heterocycles. The van der Waals surface area contributed by atoms with Crippen LogP contribution in [0.3, 0.4) is 0 Å². The van der Waals surface area contributed by atoms with Crippen LogP contribution in [0.2, 0.25) is 0 Å². The molecule has 162 valence electrons. The van der Waals surface area contributed by atoms with E-state index < -0.39 is 0 Å². The Morgan fingerprint density at radius 2 is 1.55 bits per heavy atom. The van der Waals surface area contributed by atoms with Crippen molar-refractivity contribution in [1.29, 1.82) is 0 Å². The third-order valence-electron chi connectivity index (χ3n) is 5.85. The van der Waals surface area contributed by atoms with Gasteiger partial charge >= 0.3 is 0 Å². The Balaban J connectivity index is 1.41. The highest BCUT2D eigenvalue weighted by atomic mass is 16.6. The van der Waals surface area contributed by atoms with Gasteiger partial charge in [0.25, 0.3) is 0 Å². The number of benzene rings is 3. The average Bonchev–Trinajstić information content (AvgIpc) is 3.23. The summed E-state index contributed by atoms with van der Waals surface area (Å²) >= 11 is 0. The SMILES string of the molecule is c1ccc(Cn2c(-c3ccccc3)cc3cnc(Nc4ccc5c(c4)OCCO5)cc32)cc1. The molecule has 33 heavy (non-hydrogen) atoms. The zero-order valence-electron chi connectivity index (χ0n) is 18.1. The minimum Gasteiger partial charge on any atom is -0.486 e. The standard InChI is InChI=1S/C28H23N3O2/c1-3-7-20(8-4-1)19-31-24(21-9-5-2-6-10-21)15-22-18-29-28(17-25(22)31)30-23-11-12-26-27(16-23)33-14-13-32-26/h1-12,15-18H,13-14,19H2,(H,29,30). The number of anilines is 2. The van der Waals surface area contributed by atoms with Crippen molar-refractivity contribution in [3.63, 3.8) is 0 Å². The Morgan fingerprint density at radius 1 is 0.788 bits per heavy atom. The molecule has 3 aromatic carbocycles. The van der Waals surface area contributed by atoms with Gasteiger partial charge in [-0.3, -0.25) is 0 Å². The summed E-state index contributed by atoms with van der Waals surface area (Å²) in [6.07, 6.45) is 1.93. The second-order valence-corrected chi connectivity index (χ2v) is 8.08. The molecule has 5 nitrogen and oxygen atoms in total. The summed E-state index contributed by atoms with van der Waals surface area (Å²) in [4.78, 5) is 4.67. The van der Waals surface area contributed by atoms with Gasteiger partial charge in [-0.15, -0.1) is 0 Å². The first-order valence-electron chi connectivity index (χ1n) is 11.1. The fraction of sp³-hybridized carbons (Fsp3) is 0.107. The molecule has 6 rings (SSSR count). The molecule has 0 fully saturated rings. The van der Waals surface area contributed by atoms with Crippen molar-refractivity contribution in [3.8, 4) is 22.8 Å². The van der Waals surface area contributed by atoms with Crippen molar-refractivity contribution in [2.45, 2.75) is 6.54 Å². The summed E-state index contributed by atoms with van der Waals surface area (Å²) < 4.78 is 13.7. The zero-order chi connectivity index (χ0) is 22.0. The second-order valence-electron chi connectivity index (χ2n) is 8.08. The lowest BCUT2D eigenvalue weighted by atomic mass is 10.1. The van der Waals surface area contributed by atoms with Gasteiger partial charge in [-0.25, -0.2) is 4.98 Å². The van der Waals surface area contributed by atoms with E-state index in [9.17, 15) is 0 Å². The van der Waals surface area contributed by atoms with Gasteiger partial charge in [0.05, 0.1) is 5.52 Å². The smallest absolute Gasteiger partial charge is 0.163 e. The van der Waals surface area contributed by atoms with Gasteiger partial charge in [-0.05, 0) is 29.3 Å². The van der Waals surface area contributed by atoms with Crippen molar-refractivity contribution in [2.75, 3.05) is 18.5 Å². The van der Waals surface area contributed by atoms with Crippen LogP contribution in [0.1, 0.15) is 5.56 Å². The first kappa shape index (κ1) is 19.4. The molecule has 1 aliphatic heterocycles. The third kappa shape index (κ3) is 3.89. The monoisotopic (exact) mass is 433 g/mol. The second kappa shape index (κ2) is 8.36. The van der Waals surface area contributed by atoms with E-state index in [1.807, 2.05) is 30.5 Å². The molecule has 1 N–H and O–H groups in total. The lowest BCUT2D eigenvalue weighted by Gasteiger charge is -2.19. The first-order valence-corrected chi connectivity index (χ1v) is 11.1. The van der Waals surface area contributed by atoms with E-state index in [-0.39, 0.29) is 0 Å². The summed E-state index contributed by atoms with van der Waals surface area (Å²) in [5.41, 5.74) is 5.66. The minimum absolute atomic E-state index is 0.565. The highest BCUT2D eigenvalue weighted by molar-refractivity contribution is 5.88. The van der Waals surface area contributed by atoms with Crippen molar-refractivity contribution in [3.05, 3.63) is 103 Å². The lowest BCUT2D eigenvalue weighted by Crippen LogP contribution is -2.15. The molecule has 0 radical (unpaired) electrons. The van der Waals surface area contributed by atoms with Crippen molar-refractivity contribution in [1.82, 2.24) is 9.55 Å². The molecular formula is C28H23N3O2. The number of hydrogen-bond donors (Lipinski definition) is 1. The van der Waals surface area contributed by atoms with Crippen LogP contribution in [0.5, 0.6) is 11.5 Å². The summed E-state index contributed by atoms with van der Waals surface area (Å²) in [6.45, 7) is 1.93. The molecule has 0 amide bonds. The van der Waals surface area contributed by atoms with E-state index >= 15 is 0 Å². The Bertz CT molecular complexity index is 1410. The molecule has 3 heterocycles. The number of nitrogens with zero attached hydrogens (tertiary/aromatic N) is 2. The normalized spacial score (nSPS) is 12.6. The molecule has 0 spiro atoms. The molecule has 5 aromatic rings. The summed E-state index contributed by atoms with van der Waals surface area (Å²) in [7, 11) is 0. The van der Waals surface area contributed by atoms with Crippen molar-refractivity contribution < 1.29 is 9.47 Å². The molecule has 5 heteroatoms. The Kier molecular flexibility index (Phi) is 4.92. The molecule has 0 saturated heterocycles. The molecule has 1 aliphatic rings. The number of fused-ring (bicyclic) bond motifs is 2.